The Morgan fingerprint density at radius 3 is 2.17 bits per heavy atom. The molecule has 0 bridgehead atoms. The Morgan fingerprint density at radius 2 is 1.67 bits per heavy atom. The van der Waals surface area contributed by atoms with E-state index in [4.69, 9.17) is 0 Å². The number of carbonyl (C=O) groups is 1. The van der Waals surface area contributed by atoms with Crippen molar-refractivity contribution in [1.29, 1.82) is 0 Å². The van der Waals surface area contributed by atoms with E-state index >= 15 is 0 Å². The monoisotopic (exact) mass is 241 g/mol. The van der Waals surface area contributed by atoms with Gasteiger partial charge in [0.25, 0.3) is 0 Å². The second-order valence-corrected chi connectivity index (χ2v) is 4.45. The van der Waals surface area contributed by atoms with Crippen LogP contribution in [0.1, 0.15) is 42.4 Å². The first kappa shape index (κ1) is 12.6. The summed E-state index contributed by atoms with van der Waals surface area (Å²) in [6.07, 6.45) is 3.92. The number of hydrogen-bond acceptors (Lipinski definition) is 1. The smallest absolute Gasteiger partial charge is 0.176 e. The molecule has 0 aliphatic rings. The Balaban J connectivity index is 2.69. The van der Waals surface area contributed by atoms with Gasteiger partial charge >= 0.3 is 0 Å². The first-order valence-electron chi connectivity index (χ1n) is 6.48. The molecule has 2 heteroatoms. The fourth-order valence-electron chi connectivity index (χ4n) is 2.39. The zero-order valence-corrected chi connectivity index (χ0v) is 11.2. The summed E-state index contributed by atoms with van der Waals surface area (Å²) < 4.78 is 2.03. The molecule has 2 rings (SSSR count). The zero-order valence-electron chi connectivity index (χ0n) is 11.2. The van der Waals surface area contributed by atoms with E-state index in [1.165, 1.54) is 16.8 Å². The second kappa shape index (κ2) is 5.21. The van der Waals surface area contributed by atoms with Crippen LogP contribution in [0.4, 0.5) is 0 Å². The lowest BCUT2D eigenvalue weighted by atomic mass is 10.0. The molecule has 0 saturated carbocycles. The van der Waals surface area contributed by atoms with Gasteiger partial charge in [0.2, 0.25) is 0 Å². The molecule has 0 spiro atoms. The SMILES string of the molecule is CCc1cccc(CC)c1-n1cccc1C(C)=O. The molecule has 2 nitrogen and oxygen atoms in total. The Morgan fingerprint density at radius 1 is 1.06 bits per heavy atom. The number of carbonyl (C=O) groups excluding carboxylic acids is 1. The van der Waals surface area contributed by atoms with Crippen LogP contribution >= 0.6 is 0 Å². The number of Topliss-reactive ketones (excluding diaryl/α,β-unsaturated/α-hetero) is 1. The molecule has 0 amide bonds. The largest absolute Gasteiger partial charge is 0.313 e. The number of aryl methyl sites for hydroxylation is 2. The maximum Gasteiger partial charge on any atom is 0.176 e. The van der Waals surface area contributed by atoms with Crippen molar-refractivity contribution in [1.82, 2.24) is 4.57 Å². The van der Waals surface area contributed by atoms with Crippen molar-refractivity contribution in [2.45, 2.75) is 33.6 Å². The summed E-state index contributed by atoms with van der Waals surface area (Å²) in [6, 6.07) is 10.2. The zero-order chi connectivity index (χ0) is 13.1. The van der Waals surface area contributed by atoms with Gasteiger partial charge in [0.1, 0.15) is 0 Å². The molecule has 18 heavy (non-hydrogen) atoms. The van der Waals surface area contributed by atoms with Crippen LogP contribution in [-0.2, 0) is 12.8 Å². The molecular weight excluding hydrogens is 222 g/mol. The molecular formula is C16H19NO. The molecule has 94 valence electrons. The van der Waals surface area contributed by atoms with E-state index in [0.717, 1.165) is 18.5 Å². The van der Waals surface area contributed by atoms with Gasteiger partial charge in [-0.05, 0) is 36.1 Å². The van der Waals surface area contributed by atoms with Gasteiger partial charge in [0.05, 0.1) is 11.4 Å². The third kappa shape index (κ3) is 2.10. The Labute approximate surface area is 108 Å². The summed E-state index contributed by atoms with van der Waals surface area (Å²) in [6.45, 7) is 5.91. The molecule has 1 aromatic carbocycles. The van der Waals surface area contributed by atoms with Gasteiger partial charge in [-0.25, -0.2) is 0 Å². The molecule has 0 aliphatic heterocycles. The molecule has 0 unspecified atom stereocenters. The van der Waals surface area contributed by atoms with Crippen LogP contribution in [0.3, 0.4) is 0 Å². The van der Waals surface area contributed by atoms with Gasteiger partial charge in [-0.1, -0.05) is 32.0 Å². The van der Waals surface area contributed by atoms with Crippen LogP contribution in [0.5, 0.6) is 0 Å². The lowest BCUT2D eigenvalue weighted by Gasteiger charge is -2.16. The number of aromatic nitrogens is 1. The van der Waals surface area contributed by atoms with Crippen LogP contribution in [0.2, 0.25) is 0 Å². The van der Waals surface area contributed by atoms with Crippen molar-refractivity contribution in [3.63, 3.8) is 0 Å². The standard InChI is InChI=1S/C16H19NO/c1-4-13-8-6-9-14(5-2)16(13)17-11-7-10-15(17)12(3)18/h6-11H,4-5H2,1-3H3. The van der Waals surface area contributed by atoms with Crippen LogP contribution in [0.25, 0.3) is 5.69 Å². The highest BCUT2D eigenvalue weighted by Gasteiger charge is 2.13. The number of nitrogens with zero attached hydrogens (tertiary/aromatic N) is 1. The Kier molecular flexibility index (Phi) is 3.66. The number of hydrogen-bond donors (Lipinski definition) is 0. The summed E-state index contributed by atoms with van der Waals surface area (Å²) in [5, 5.41) is 0. The molecule has 0 radical (unpaired) electrons. The van der Waals surface area contributed by atoms with Gasteiger partial charge in [-0.15, -0.1) is 0 Å². The third-order valence-corrected chi connectivity index (χ3v) is 3.32. The van der Waals surface area contributed by atoms with Gasteiger partial charge in [-0.2, -0.15) is 0 Å². The number of rotatable bonds is 4. The fraction of sp³-hybridized carbons (Fsp3) is 0.312. The van der Waals surface area contributed by atoms with E-state index in [2.05, 4.69) is 32.0 Å². The van der Waals surface area contributed by atoms with Crippen LogP contribution < -0.4 is 0 Å². The Bertz CT molecular complexity index is 544. The number of para-hydroxylation sites is 1. The molecule has 1 aromatic heterocycles. The summed E-state index contributed by atoms with van der Waals surface area (Å²) in [5.41, 5.74) is 4.50. The lowest BCUT2D eigenvalue weighted by molar-refractivity contribution is 0.101. The summed E-state index contributed by atoms with van der Waals surface area (Å²) in [7, 11) is 0. The minimum atomic E-state index is 0.105. The predicted octanol–water partition coefficient (Wildman–Crippen LogP) is 3.80. The average Bonchev–Trinajstić information content (AvgIpc) is 2.86. The van der Waals surface area contributed by atoms with Crippen LogP contribution in [0.15, 0.2) is 36.5 Å². The van der Waals surface area contributed by atoms with Crippen LogP contribution in [0, 0.1) is 0 Å². The van der Waals surface area contributed by atoms with Gasteiger partial charge in [-0.3, -0.25) is 4.79 Å². The highest BCUT2D eigenvalue weighted by Crippen LogP contribution is 2.23. The van der Waals surface area contributed by atoms with E-state index < -0.39 is 0 Å². The minimum Gasteiger partial charge on any atom is -0.313 e. The van der Waals surface area contributed by atoms with E-state index in [1.54, 1.807) is 6.92 Å². The van der Waals surface area contributed by atoms with Crippen LogP contribution in [-0.4, -0.2) is 10.4 Å². The third-order valence-electron chi connectivity index (χ3n) is 3.32. The summed E-state index contributed by atoms with van der Waals surface area (Å²) in [4.78, 5) is 11.7. The minimum absolute atomic E-state index is 0.105. The van der Waals surface area contributed by atoms with Crippen molar-refractivity contribution >= 4 is 5.78 Å². The maximum atomic E-state index is 11.7. The van der Waals surface area contributed by atoms with E-state index in [1.807, 2.05) is 22.9 Å². The molecule has 2 aromatic rings. The lowest BCUT2D eigenvalue weighted by Crippen LogP contribution is -2.08. The van der Waals surface area contributed by atoms with Crippen molar-refractivity contribution in [3.8, 4) is 5.69 Å². The molecule has 0 N–H and O–H groups in total. The highest BCUT2D eigenvalue weighted by atomic mass is 16.1. The molecule has 0 saturated heterocycles. The quantitative estimate of drug-likeness (QED) is 0.746. The highest BCUT2D eigenvalue weighted by molar-refractivity contribution is 5.93. The molecule has 0 fully saturated rings. The predicted molar refractivity (Wildman–Crippen MR) is 74.5 cm³/mol. The van der Waals surface area contributed by atoms with Crippen molar-refractivity contribution < 1.29 is 4.79 Å². The Hall–Kier alpha value is -1.83. The van der Waals surface area contributed by atoms with Gasteiger partial charge in [0.15, 0.2) is 5.78 Å². The molecule has 0 atom stereocenters. The normalized spacial score (nSPS) is 10.6. The number of benzene rings is 1. The molecule has 1 heterocycles. The summed E-state index contributed by atoms with van der Waals surface area (Å²) >= 11 is 0. The van der Waals surface area contributed by atoms with Crippen molar-refractivity contribution in [3.05, 3.63) is 53.3 Å². The average molecular weight is 241 g/mol. The number of ketones is 1. The van der Waals surface area contributed by atoms with Crippen molar-refractivity contribution in [2.24, 2.45) is 0 Å². The summed E-state index contributed by atoms with van der Waals surface area (Å²) in [5.74, 6) is 0.105. The van der Waals surface area contributed by atoms with Gasteiger partial charge in [0, 0.05) is 13.1 Å². The van der Waals surface area contributed by atoms with E-state index in [9.17, 15) is 4.79 Å². The van der Waals surface area contributed by atoms with Crippen molar-refractivity contribution in [2.75, 3.05) is 0 Å². The first-order chi connectivity index (χ1) is 8.69. The van der Waals surface area contributed by atoms with E-state index in [0.29, 0.717) is 0 Å². The van der Waals surface area contributed by atoms with Gasteiger partial charge < -0.3 is 4.57 Å². The molecule has 0 aliphatic carbocycles. The van der Waals surface area contributed by atoms with E-state index in [-0.39, 0.29) is 5.78 Å². The fourth-order valence-corrected chi connectivity index (χ4v) is 2.39. The first-order valence-corrected chi connectivity index (χ1v) is 6.48. The second-order valence-electron chi connectivity index (χ2n) is 4.45. The topological polar surface area (TPSA) is 22.0 Å². The maximum absolute atomic E-state index is 11.7.